The predicted molar refractivity (Wildman–Crippen MR) is 180 cm³/mol. The van der Waals surface area contributed by atoms with Gasteiger partial charge in [-0.1, -0.05) is 83.9 Å². The molecule has 0 aliphatic carbocycles. The first-order valence-electron chi connectivity index (χ1n) is 14.3. The van der Waals surface area contributed by atoms with E-state index in [-0.39, 0.29) is 15.8 Å². The van der Waals surface area contributed by atoms with Crippen LogP contribution in [0.15, 0.2) is 125 Å². The summed E-state index contributed by atoms with van der Waals surface area (Å²) in [4.78, 5) is 4.31. The van der Waals surface area contributed by atoms with Crippen molar-refractivity contribution in [1.29, 1.82) is 0 Å². The smallest absolute Gasteiger partial charge is 0.294 e. The Bertz CT molecular complexity index is 1810. The number of aryl methyl sites for hydroxylation is 2. The van der Waals surface area contributed by atoms with Crippen molar-refractivity contribution in [3.63, 3.8) is 0 Å². The average Bonchev–Trinajstić information content (AvgIpc) is 3.01. The lowest BCUT2D eigenvalue weighted by Crippen LogP contribution is -2.43. The van der Waals surface area contributed by atoms with Crippen LogP contribution >= 0.6 is 0 Å². The number of hydrogen-bond donors (Lipinski definition) is 5. The standard InChI is InChI=1S/C20H23N3O.2C7H8O3S/c21-18(11-15-6-2-1-3-7-15)20(24)14-22-12-16-10-17-8-4-5-9-19(17)23-13-16;2*1-6-2-4-7(5-3-6)11(8,9)10/h1-10,13,18,20,22,24H,11-12,14,21H2;2*2-5H,1H3,(H,8,9,10)/t18-,20+;;/m0../s1. The van der Waals surface area contributed by atoms with Gasteiger partial charge in [-0.05, 0) is 67.8 Å². The molecule has 10 nitrogen and oxygen atoms in total. The SMILES string of the molecule is Cc1ccc(S(=O)(=O)O)cc1.Cc1ccc(S(=O)(=O)O)cc1.N[C@@H](Cc1ccccc1)[C@H](O)CNCc1cnc2ccccc2c1. The van der Waals surface area contributed by atoms with Crippen molar-refractivity contribution in [2.75, 3.05) is 6.54 Å². The van der Waals surface area contributed by atoms with Gasteiger partial charge in [0.2, 0.25) is 0 Å². The summed E-state index contributed by atoms with van der Waals surface area (Å²) in [6.45, 7) is 4.80. The first-order chi connectivity index (χ1) is 21.7. The molecule has 0 unspecified atom stereocenters. The Hall–Kier alpha value is -4.01. The van der Waals surface area contributed by atoms with Gasteiger partial charge in [-0.15, -0.1) is 0 Å². The molecule has 0 fully saturated rings. The highest BCUT2D eigenvalue weighted by Crippen LogP contribution is 2.13. The quantitative estimate of drug-likeness (QED) is 0.138. The van der Waals surface area contributed by atoms with Gasteiger partial charge in [0.25, 0.3) is 20.2 Å². The van der Waals surface area contributed by atoms with E-state index in [4.69, 9.17) is 14.8 Å². The largest absolute Gasteiger partial charge is 0.390 e. The normalized spacial score (nSPS) is 12.7. The average molecular weight is 666 g/mol. The molecule has 0 aliphatic heterocycles. The maximum atomic E-state index is 10.5. The third-order valence-corrected chi connectivity index (χ3v) is 8.51. The lowest BCUT2D eigenvalue weighted by molar-refractivity contribution is 0.141. The molecular weight excluding hydrogens is 627 g/mol. The van der Waals surface area contributed by atoms with Crippen LogP contribution in [0.5, 0.6) is 0 Å². The number of hydrogen-bond acceptors (Lipinski definition) is 8. The van der Waals surface area contributed by atoms with Crippen molar-refractivity contribution in [2.24, 2.45) is 5.73 Å². The number of nitrogens with one attached hydrogen (secondary N) is 1. The van der Waals surface area contributed by atoms with E-state index in [2.05, 4.69) is 22.4 Å². The van der Waals surface area contributed by atoms with Gasteiger partial charge in [-0.2, -0.15) is 16.8 Å². The summed E-state index contributed by atoms with van der Waals surface area (Å²) < 4.78 is 59.1. The molecule has 12 heteroatoms. The minimum Gasteiger partial charge on any atom is -0.390 e. The van der Waals surface area contributed by atoms with Crippen molar-refractivity contribution < 1.29 is 31.0 Å². The van der Waals surface area contributed by atoms with Crippen LogP contribution in [-0.4, -0.2) is 54.7 Å². The van der Waals surface area contributed by atoms with Crippen molar-refractivity contribution in [2.45, 2.75) is 48.7 Å². The zero-order valence-corrected chi connectivity index (χ0v) is 27.2. The highest BCUT2D eigenvalue weighted by molar-refractivity contribution is 7.86. The second-order valence-electron chi connectivity index (χ2n) is 10.7. The third kappa shape index (κ3) is 12.4. The van der Waals surface area contributed by atoms with Gasteiger partial charge in [0, 0.05) is 30.7 Å². The van der Waals surface area contributed by atoms with E-state index >= 15 is 0 Å². The minimum absolute atomic E-state index is 0.0666. The number of fused-ring (bicyclic) bond motifs is 1. The molecule has 5 aromatic rings. The Balaban J connectivity index is 0.000000217. The van der Waals surface area contributed by atoms with Crippen LogP contribution in [0, 0.1) is 13.8 Å². The summed E-state index contributed by atoms with van der Waals surface area (Å²) in [6.07, 6.45) is 1.95. The first kappa shape index (κ1) is 36.5. The van der Waals surface area contributed by atoms with E-state index in [0.29, 0.717) is 19.5 Å². The molecule has 0 radical (unpaired) electrons. The van der Waals surface area contributed by atoms with Crippen LogP contribution in [0.3, 0.4) is 0 Å². The van der Waals surface area contributed by atoms with E-state index in [9.17, 15) is 21.9 Å². The molecule has 1 aromatic heterocycles. The van der Waals surface area contributed by atoms with Crippen LogP contribution in [0.1, 0.15) is 22.3 Å². The number of aliphatic hydroxyl groups excluding tert-OH is 1. The molecule has 0 spiro atoms. The fourth-order valence-electron chi connectivity index (χ4n) is 4.17. The lowest BCUT2D eigenvalue weighted by Gasteiger charge is -2.19. The minimum atomic E-state index is -4.02. The first-order valence-corrected chi connectivity index (χ1v) is 17.2. The zero-order valence-electron chi connectivity index (χ0n) is 25.6. The van der Waals surface area contributed by atoms with Crippen LogP contribution < -0.4 is 11.1 Å². The molecule has 0 saturated carbocycles. The highest BCUT2D eigenvalue weighted by atomic mass is 32.2. The van der Waals surface area contributed by atoms with Crippen LogP contribution in [0.25, 0.3) is 10.9 Å². The Labute approximate surface area is 270 Å². The second-order valence-corrected chi connectivity index (χ2v) is 13.5. The van der Waals surface area contributed by atoms with Crippen molar-refractivity contribution in [3.05, 3.63) is 138 Å². The fourth-order valence-corrected chi connectivity index (χ4v) is 5.13. The number of pyridine rings is 1. The maximum absolute atomic E-state index is 10.5. The van der Waals surface area contributed by atoms with Gasteiger partial charge in [0.1, 0.15) is 0 Å². The summed E-state index contributed by atoms with van der Waals surface area (Å²) >= 11 is 0. The van der Waals surface area contributed by atoms with Gasteiger partial charge in [-0.25, -0.2) is 0 Å². The van der Waals surface area contributed by atoms with Crippen LogP contribution in [0.4, 0.5) is 0 Å². The Morgan fingerprint density at radius 1 is 0.717 bits per heavy atom. The lowest BCUT2D eigenvalue weighted by atomic mass is 10.0. The van der Waals surface area contributed by atoms with E-state index in [0.717, 1.165) is 33.2 Å². The second kappa shape index (κ2) is 17.1. The maximum Gasteiger partial charge on any atom is 0.294 e. The molecule has 2 atom stereocenters. The molecule has 244 valence electrons. The van der Waals surface area contributed by atoms with Crippen molar-refractivity contribution in [3.8, 4) is 0 Å². The van der Waals surface area contributed by atoms with E-state index in [1.807, 2.05) is 68.6 Å². The Morgan fingerprint density at radius 2 is 1.22 bits per heavy atom. The molecule has 0 saturated heterocycles. The van der Waals surface area contributed by atoms with Crippen LogP contribution in [0.2, 0.25) is 0 Å². The summed E-state index contributed by atoms with van der Waals surface area (Å²) in [5.74, 6) is 0. The Morgan fingerprint density at radius 3 is 1.74 bits per heavy atom. The molecule has 1 heterocycles. The summed E-state index contributed by atoms with van der Waals surface area (Å²) in [6, 6.07) is 31.9. The predicted octanol–water partition coefficient (Wildman–Crippen LogP) is 4.74. The molecule has 0 amide bonds. The molecule has 5 rings (SSSR count). The van der Waals surface area contributed by atoms with Crippen molar-refractivity contribution in [1.82, 2.24) is 10.3 Å². The number of aliphatic hydroxyl groups is 1. The number of nitrogens with zero attached hydrogens (tertiary/aromatic N) is 1. The molecule has 6 N–H and O–H groups in total. The van der Waals surface area contributed by atoms with E-state index in [1.165, 1.54) is 24.3 Å². The highest BCUT2D eigenvalue weighted by Gasteiger charge is 2.15. The molecule has 46 heavy (non-hydrogen) atoms. The van der Waals surface area contributed by atoms with Gasteiger partial charge < -0.3 is 16.2 Å². The fraction of sp³-hybridized carbons (Fsp3) is 0.206. The number of aromatic nitrogens is 1. The number of rotatable bonds is 9. The molecule has 0 aliphatic rings. The summed E-state index contributed by atoms with van der Waals surface area (Å²) in [5, 5.41) is 14.6. The van der Waals surface area contributed by atoms with E-state index in [1.54, 1.807) is 24.3 Å². The molecule has 4 aromatic carbocycles. The zero-order chi connectivity index (χ0) is 33.7. The number of para-hydroxylation sites is 1. The van der Waals surface area contributed by atoms with Gasteiger partial charge in [0.15, 0.2) is 0 Å². The van der Waals surface area contributed by atoms with Crippen LogP contribution in [-0.2, 0) is 33.2 Å². The summed E-state index contributed by atoms with van der Waals surface area (Å²) in [7, 11) is -8.04. The Kier molecular flexibility index (Phi) is 13.5. The third-order valence-electron chi connectivity index (χ3n) is 6.78. The van der Waals surface area contributed by atoms with Gasteiger partial charge in [-0.3, -0.25) is 14.1 Å². The van der Waals surface area contributed by atoms with Gasteiger partial charge >= 0.3 is 0 Å². The van der Waals surface area contributed by atoms with Crippen molar-refractivity contribution >= 4 is 31.1 Å². The molecular formula is C34H39N3O7S2. The number of nitrogens with two attached hydrogens (primary N) is 1. The monoisotopic (exact) mass is 665 g/mol. The summed E-state index contributed by atoms with van der Waals surface area (Å²) in [5.41, 5.74) is 11.2. The molecule has 0 bridgehead atoms. The van der Waals surface area contributed by atoms with E-state index < -0.39 is 26.3 Å². The topological polar surface area (TPSA) is 180 Å². The number of benzene rings is 4. The van der Waals surface area contributed by atoms with Gasteiger partial charge in [0.05, 0.1) is 21.4 Å².